The molecule has 0 spiro atoms. The summed E-state index contributed by atoms with van der Waals surface area (Å²) in [5, 5.41) is 4.68. The number of aromatic nitrogens is 1. The molecule has 0 fully saturated rings. The summed E-state index contributed by atoms with van der Waals surface area (Å²) in [5.41, 5.74) is 1.76. The van der Waals surface area contributed by atoms with Crippen LogP contribution < -0.4 is 5.32 Å². The van der Waals surface area contributed by atoms with E-state index in [4.69, 9.17) is 4.74 Å². The molecule has 1 N–H and O–H groups in total. The lowest BCUT2D eigenvalue weighted by Crippen LogP contribution is -2.30. The molecule has 0 saturated carbocycles. The van der Waals surface area contributed by atoms with Crippen LogP contribution in [0, 0.1) is 5.82 Å². The minimum atomic E-state index is -1.05. The van der Waals surface area contributed by atoms with Crippen molar-refractivity contribution in [3.05, 3.63) is 71.0 Å². The first-order valence-electron chi connectivity index (χ1n) is 8.68. The van der Waals surface area contributed by atoms with Crippen LogP contribution in [0.1, 0.15) is 34.7 Å². The Kier molecular flexibility index (Phi) is 6.13. The van der Waals surface area contributed by atoms with E-state index in [1.54, 1.807) is 36.4 Å². The van der Waals surface area contributed by atoms with Crippen molar-refractivity contribution in [2.75, 3.05) is 5.32 Å². The highest BCUT2D eigenvalue weighted by atomic mass is 32.1. The fraction of sp³-hybridized carbons (Fsp3) is 0.143. The maximum atomic E-state index is 13.0. The molecule has 0 bridgehead atoms. The Labute approximate surface area is 170 Å². The van der Waals surface area contributed by atoms with Gasteiger partial charge in [0.2, 0.25) is 0 Å². The summed E-state index contributed by atoms with van der Waals surface area (Å²) in [6.07, 6.45) is -1.05. The number of nitrogens with zero attached hydrogens (tertiary/aromatic N) is 1. The van der Waals surface area contributed by atoms with E-state index >= 15 is 0 Å². The third kappa shape index (κ3) is 5.11. The van der Waals surface area contributed by atoms with Gasteiger partial charge in [-0.2, -0.15) is 0 Å². The topological polar surface area (TPSA) is 85.4 Å². The number of carbonyl (C=O) groups excluding carboxylic acids is 3. The van der Waals surface area contributed by atoms with Crippen LogP contribution in [0.4, 0.5) is 10.1 Å². The van der Waals surface area contributed by atoms with Gasteiger partial charge in [-0.25, -0.2) is 14.2 Å². The highest BCUT2D eigenvalue weighted by Crippen LogP contribution is 2.24. The van der Waals surface area contributed by atoms with Crippen LogP contribution in [0.15, 0.2) is 53.9 Å². The highest BCUT2D eigenvalue weighted by molar-refractivity contribution is 7.13. The Hall–Kier alpha value is -3.39. The Balaban J connectivity index is 1.60. The van der Waals surface area contributed by atoms with E-state index in [0.717, 1.165) is 0 Å². The van der Waals surface area contributed by atoms with Crippen molar-refractivity contribution in [1.29, 1.82) is 0 Å². The fourth-order valence-corrected chi connectivity index (χ4v) is 3.19. The standard InChI is InChI=1S/C21H17FN2O4S/c1-12(25)14-5-9-17(10-6-14)23-19(26)13(2)28-21(27)18-11-29-20(24-18)15-3-7-16(22)8-4-15/h3-11,13H,1-2H3,(H,23,26)/t13-/m1/s1. The van der Waals surface area contributed by atoms with Crippen molar-refractivity contribution in [3.8, 4) is 10.6 Å². The zero-order valence-corrected chi connectivity index (χ0v) is 16.5. The smallest absolute Gasteiger partial charge is 0.358 e. The number of amides is 1. The molecule has 3 rings (SSSR count). The maximum Gasteiger partial charge on any atom is 0.358 e. The molecule has 0 radical (unpaired) electrons. The van der Waals surface area contributed by atoms with Crippen LogP contribution in [0.5, 0.6) is 0 Å². The van der Waals surface area contributed by atoms with Crippen molar-refractivity contribution in [2.45, 2.75) is 20.0 Å². The molecular weight excluding hydrogens is 395 g/mol. The summed E-state index contributed by atoms with van der Waals surface area (Å²) in [6, 6.07) is 12.1. The van der Waals surface area contributed by atoms with Gasteiger partial charge in [0.1, 0.15) is 10.8 Å². The van der Waals surface area contributed by atoms with Gasteiger partial charge in [-0.15, -0.1) is 11.3 Å². The Morgan fingerprint density at radius 2 is 1.72 bits per heavy atom. The molecule has 3 aromatic rings. The number of thiazole rings is 1. The molecule has 2 aromatic carbocycles. The van der Waals surface area contributed by atoms with Crippen molar-refractivity contribution in [2.24, 2.45) is 0 Å². The third-order valence-electron chi connectivity index (χ3n) is 4.02. The van der Waals surface area contributed by atoms with Crippen LogP contribution in [0.2, 0.25) is 0 Å². The van der Waals surface area contributed by atoms with Gasteiger partial charge in [-0.05, 0) is 62.4 Å². The molecule has 148 valence electrons. The van der Waals surface area contributed by atoms with E-state index in [1.807, 2.05) is 0 Å². The van der Waals surface area contributed by atoms with E-state index in [-0.39, 0.29) is 17.3 Å². The second kappa shape index (κ2) is 8.74. The van der Waals surface area contributed by atoms with E-state index in [0.29, 0.717) is 21.8 Å². The molecule has 0 aliphatic rings. The molecule has 0 unspecified atom stereocenters. The monoisotopic (exact) mass is 412 g/mol. The average Bonchev–Trinajstić information content (AvgIpc) is 3.19. The average molecular weight is 412 g/mol. The number of ether oxygens (including phenoxy) is 1. The summed E-state index contributed by atoms with van der Waals surface area (Å²) >= 11 is 1.22. The minimum Gasteiger partial charge on any atom is -0.448 e. The number of Topliss-reactive ketones (excluding diaryl/α,β-unsaturated/α-hetero) is 1. The highest BCUT2D eigenvalue weighted by Gasteiger charge is 2.21. The number of carbonyl (C=O) groups is 3. The first-order valence-corrected chi connectivity index (χ1v) is 9.56. The number of halogens is 1. The van der Waals surface area contributed by atoms with Crippen LogP contribution in [0.25, 0.3) is 10.6 Å². The Morgan fingerprint density at radius 1 is 1.07 bits per heavy atom. The zero-order valence-electron chi connectivity index (χ0n) is 15.6. The number of rotatable bonds is 6. The first-order chi connectivity index (χ1) is 13.8. The summed E-state index contributed by atoms with van der Waals surface area (Å²) in [4.78, 5) is 40.0. The Morgan fingerprint density at radius 3 is 2.34 bits per heavy atom. The van der Waals surface area contributed by atoms with Crippen LogP contribution in [0.3, 0.4) is 0 Å². The van der Waals surface area contributed by atoms with Crippen LogP contribution >= 0.6 is 11.3 Å². The van der Waals surface area contributed by atoms with Gasteiger partial charge in [-0.1, -0.05) is 0 Å². The van der Waals surface area contributed by atoms with Crippen LogP contribution in [-0.4, -0.2) is 28.7 Å². The maximum absolute atomic E-state index is 13.0. The van der Waals surface area contributed by atoms with E-state index in [9.17, 15) is 18.8 Å². The third-order valence-corrected chi connectivity index (χ3v) is 4.91. The first kappa shape index (κ1) is 20.3. The van der Waals surface area contributed by atoms with E-state index in [2.05, 4.69) is 10.3 Å². The minimum absolute atomic E-state index is 0.0692. The van der Waals surface area contributed by atoms with Gasteiger partial charge in [0.25, 0.3) is 5.91 Å². The number of esters is 1. The number of ketones is 1. The number of nitrogens with one attached hydrogen (secondary N) is 1. The predicted octanol–water partition coefficient (Wildman–Crippen LogP) is 4.34. The van der Waals surface area contributed by atoms with Crippen molar-refractivity contribution in [1.82, 2.24) is 4.98 Å². The van der Waals surface area contributed by atoms with Crippen LogP contribution in [-0.2, 0) is 9.53 Å². The van der Waals surface area contributed by atoms with Gasteiger partial charge < -0.3 is 10.1 Å². The molecule has 0 aliphatic heterocycles. The summed E-state index contributed by atoms with van der Waals surface area (Å²) in [6.45, 7) is 2.90. The molecule has 6 nitrogen and oxygen atoms in total. The van der Waals surface area contributed by atoms with Crippen molar-refractivity contribution in [3.63, 3.8) is 0 Å². The normalized spacial score (nSPS) is 11.6. The number of anilines is 1. The van der Waals surface area contributed by atoms with Gasteiger partial charge in [0.15, 0.2) is 17.6 Å². The second-order valence-corrected chi connectivity index (χ2v) is 7.07. The Bertz CT molecular complexity index is 1050. The van der Waals surface area contributed by atoms with Gasteiger partial charge >= 0.3 is 5.97 Å². The zero-order chi connectivity index (χ0) is 21.0. The molecule has 1 amide bonds. The molecule has 1 heterocycles. The largest absolute Gasteiger partial charge is 0.448 e. The van der Waals surface area contributed by atoms with Crippen molar-refractivity contribution >= 4 is 34.7 Å². The number of benzene rings is 2. The fourth-order valence-electron chi connectivity index (χ4n) is 2.40. The van der Waals surface area contributed by atoms with Gasteiger partial charge in [-0.3, -0.25) is 9.59 Å². The quantitative estimate of drug-likeness (QED) is 0.481. The number of hydrogen-bond donors (Lipinski definition) is 1. The lowest BCUT2D eigenvalue weighted by Gasteiger charge is -2.13. The van der Waals surface area contributed by atoms with Crippen molar-refractivity contribution < 1.29 is 23.5 Å². The van der Waals surface area contributed by atoms with E-state index < -0.39 is 18.0 Å². The van der Waals surface area contributed by atoms with Gasteiger partial charge in [0.05, 0.1) is 0 Å². The molecule has 8 heteroatoms. The van der Waals surface area contributed by atoms with Gasteiger partial charge in [0, 0.05) is 22.2 Å². The summed E-state index contributed by atoms with van der Waals surface area (Å²) < 4.78 is 18.2. The molecule has 0 saturated heterocycles. The molecular formula is C21H17FN2O4S. The summed E-state index contributed by atoms with van der Waals surface area (Å²) in [5.74, 6) is -1.68. The molecule has 1 atom stereocenters. The molecule has 29 heavy (non-hydrogen) atoms. The lowest BCUT2D eigenvalue weighted by atomic mass is 10.1. The lowest BCUT2D eigenvalue weighted by molar-refractivity contribution is -0.123. The van der Waals surface area contributed by atoms with E-state index in [1.165, 1.54) is 42.7 Å². The number of hydrogen-bond acceptors (Lipinski definition) is 6. The summed E-state index contributed by atoms with van der Waals surface area (Å²) in [7, 11) is 0. The predicted molar refractivity (Wildman–Crippen MR) is 107 cm³/mol. The SMILES string of the molecule is CC(=O)c1ccc(NC(=O)[C@@H](C)OC(=O)c2csc(-c3ccc(F)cc3)n2)cc1. The second-order valence-electron chi connectivity index (χ2n) is 6.22. The molecule has 0 aliphatic carbocycles. The molecule has 1 aromatic heterocycles.